The molecular weight excluding hydrogens is 458 g/mol. The van der Waals surface area contributed by atoms with Crippen molar-refractivity contribution in [1.29, 1.82) is 0 Å². The van der Waals surface area contributed by atoms with Crippen LogP contribution in [0.5, 0.6) is 5.75 Å². The van der Waals surface area contributed by atoms with Gasteiger partial charge >= 0.3 is 0 Å². The lowest BCUT2D eigenvalue weighted by atomic mass is 9.63. The number of rotatable bonds is 5. The van der Waals surface area contributed by atoms with E-state index < -0.39 is 0 Å². The Kier molecular flexibility index (Phi) is 4.22. The van der Waals surface area contributed by atoms with Crippen LogP contribution in [0.15, 0.2) is 65.2 Å². The summed E-state index contributed by atoms with van der Waals surface area (Å²) < 4.78 is 6.71. The number of carbonyl (C=O) groups excluding carboxylic acids is 3. The SMILES string of the molecule is O=C(COc1ccccc1N1C(=O)[C@@H]2[C@H]3C=C[C@@H]([C@@H]4C[C@H]34)[C@@H]2C1=O)c1ccc(Br)cc1. The van der Waals surface area contributed by atoms with E-state index in [1.165, 1.54) is 4.90 Å². The van der Waals surface area contributed by atoms with Gasteiger partial charge in [-0.3, -0.25) is 14.4 Å². The topological polar surface area (TPSA) is 63.7 Å². The van der Waals surface area contributed by atoms with Crippen LogP contribution in [-0.4, -0.2) is 24.2 Å². The normalized spacial score (nSPS) is 32.1. The van der Waals surface area contributed by atoms with E-state index >= 15 is 0 Å². The van der Waals surface area contributed by atoms with Crippen LogP contribution in [0.4, 0.5) is 5.69 Å². The van der Waals surface area contributed by atoms with E-state index in [1.807, 2.05) is 0 Å². The van der Waals surface area contributed by atoms with Gasteiger partial charge in [0.05, 0.1) is 17.5 Å². The number of anilines is 1. The van der Waals surface area contributed by atoms with E-state index in [4.69, 9.17) is 4.74 Å². The molecule has 156 valence electrons. The molecule has 2 aromatic carbocycles. The summed E-state index contributed by atoms with van der Waals surface area (Å²) >= 11 is 3.36. The van der Waals surface area contributed by atoms with Gasteiger partial charge < -0.3 is 4.74 Å². The molecule has 2 amide bonds. The van der Waals surface area contributed by atoms with Gasteiger partial charge in [-0.05, 0) is 54.4 Å². The number of Topliss-reactive ketones (excluding diaryl/α,β-unsaturated/α-hetero) is 1. The van der Waals surface area contributed by atoms with E-state index in [0.29, 0.717) is 28.8 Å². The van der Waals surface area contributed by atoms with Crippen LogP contribution in [0.25, 0.3) is 0 Å². The number of allylic oxidation sites excluding steroid dienone is 2. The molecule has 6 atom stereocenters. The minimum atomic E-state index is -0.260. The van der Waals surface area contributed by atoms with Crippen LogP contribution in [0.2, 0.25) is 0 Å². The third-order valence-corrected chi connectivity index (χ3v) is 7.82. The third kappa shape index (κ3) is 2.84. The molecule has 6 heteroatoms. The lowest BCUT2D eigenvalue weighted by Gasteiger charge is -2.37. The number of benzene rings is 2. The van der Waals surface area contributed by atoms with Crippen LogP contribution in [0, 0.1) is 35.5 Å². The number of nitrogens with zero attached hydrogens (tertiary/aromatic N) is 1. The summed E-state index contributed by atoms with van der Waals surface area (Å²) in [6.07, 6.45) is 5.45. The summed E-state index contributed by atoms with van der Waals surface area (Å²) in [5, 5.41) is 0. The summed E-state index contributed by atoms with van der Waals surface area (Å²) in [7, 11) is 0. The van der Waals surface area contributed by atoms with E-state index in [0.717, 1.165) is 10.9 Å². The molecule has 0 N–H and O–H groups in total. The van der Waals surface area contributed by atoms with Crippen LogP contribution in [-0.2, 0) is 9.59 Å². The van der Waals surface area contributed by atoms with Crippen LogP contribution < -0.4 is 9.64 Å². The maximum absolute atomic E-state index is 13.4. The Bertz CT molecular complexity index is 1100. The van der Waals surface area contributed by atoms with Gasteiger partial charge in [0.15, 0.2) is 12.4 Å². The molecule has 2 saturated carbocycles. The summed E-state index contributed by atoms with van der Waals surface area (Å²) in [6.45, 7) is -0.168. The van der Waals surface area contributed by atoms with Crippen LogP contribution >= 0.6 is 15.9 Å². The first-order valence-corrected chi connectivity index (χ1v) is 11.4. The molecule has 1 saturated heterocycles. The van der Waals surface area contributed by atoms with Gasteiger partial charge in [-0.15, -0.1) is 0 Å². The minimum absolute atomic E-state index is 0.130. The number of para-hydroxylation sites is 2. The maximum Gasteiger partial charge on any atom is 0.238 e. The molecule has 1 heterocycles. The summed E-state index contributed by atoms with van der Waals surface area (Å²) in [4.78, 5) is 40.6. The number of carbonyl (C=O) groups is 3. The Morgan fingerprint density at radius 1 is 0.935 bits per heavy atom. The van der Waals surface area contributed by atoms with Gasteiger partial charge in [0, 0.05) is 10.0 Å². The standard InChI is InChI=1S/C25H20BrNO4/c26-14-7-5-13(6-8-14)20(28)12-31-21-4-2-1-3-19(21)27-24(29)22-15-9-10-16(18-11-17(15)18)23(22)25(27)30/h1-10,15-18,22-23H,11-12H2/t15-,16-,17-,18+,22-,23+/m0/s1. The van der Waals surface area contributed by atoms with Crippen molar-refractivity contribution in [1.82, 2.24) is 0 Å². The average Bonchev–Trinajstić information content (AvgIpc) is 3.56. The highest BCUT2D eigenvalue weighted by Crippen LogP contribution is 2.65. The highest BCUT2D eigenvalue weighted by molar-refractivity contribution is 9.10. The Labute approximate surface area is 188 Å². The maximum atomic E-state index is 13.4. The molecule has 7 rings (SSSR count). The molecule has 2 bridgehead atoms. The summed E-state index contributed by atoms with van der Waals surface area (Å²) in [6, 6.07) is 14.1. The van der Waals surface area contributed by atoms with Gasteiger partial charge in [0.2, 0.25) is 11.8 Å². The van der Waals surface area contributed by atoms with Crippen molar-refractivity contribution in [3.05, 3.63) is 70.7 Å². The van der Waals surface area contributed by atoms with Gasteiger partial charge in [-0.2, -0.15) is 0 Å². The van der Waals surface area contributed by atoms with Gasteiger partial charge in [-0.1, -0.05) is 52.3 Å². The predicted molar refractivity (Wildman–Crippen MR) is 118 cm³/mol. The second kappa shape index (κ2) is 6.89. The van der Waals surface area contributed by atoms with Crippen LogP contribution in [0.1, 0.15) is 16.8 Å². The number of halogens is 1. The van der Waals surface area contributed by atoms with Crippen molar-refractivity contribution < 1.29 is 19.1 Å². The number of hydrogen-bond donors (Lipinski definition) is 0. The molecule has 31 heavy (non-hydrogen) atoms. The Hall–Kier alpha value is -2.73. The zero-order valence-electron chi connectivity index (χ0n) is 16.6. The lowest BCUT2D eigenvalue weighted by Crippen LogP contribution is -2.40. The number of amides is 2. The number of imide groups is 1. The molecule has 5 aliphatic rings. The zero-order chi connectivity index (χ0) is 21.3. The first-order valence-electron chi connectivity index (χ1n) is 10.6. The Balaban J connectivity index is 1.26. The first kappa shape index (κ1) is 19.0. The van der Waals surface area contributed by atoms with E-state index in [1.54, 1.807) is 48.5 Å². The second-order valence-corrected chi connectivity index (χ2v) is 9.77. The van der Waals surface area contributed by atoms with E-state index in [2.05, 4.69) is 28.1 Å². The Morgan fingerprint density at radius 2 is 1.55 bits per heavy atom. The summed E-state index contributed by atoms with van der Waals surface area (Å²) in [5.41, 5.74) is 0.977. The highest BCUT2D eigenvalue weighted by atomic mass is 79.9. The quantitative estimate of drug-likeness (QED) is 0.366. The second-order valence-electron chi connectivity index (χ2n) is 8.85. The molecule has 0 spiro atoms. The van der Waals surface area contributed by atoms with Crippen molar-refractivity contribution in [2.45, 2.75) is 6.42 Å². The van der Waals surface area contributed by atoms with Crippen molar-refractivity contribution in [3.63, 3.8) is 0 Å². The largest absolute Gasteiger partial charge is 0.483 e. The first-order chi connectivity index (χ1) is 15.0. The van der Waals surface area contributed by atoms with Crippen LogP contribution in [0.3, 0.4) is 0 Å². The highest BCUT2D eigenvalue weighted by Gasteiger charge is 2.67. The molecular formula is C25H20BrNO4. The minimum Gasteiger partial charge on any atom is -0.483 e. The number of hydrogen-bond acceptors (Lipinski definition) is 4. The lowest BCUT2D eigenvalue weighted by molar-refractivity contribution is -0.124. The molecule has 0 radical (unpaired) electrons. The fraction of sp³-hybridized carbons (Fsp3) is 0.320. The van der Waals surface area contributed by atoms with E-state index in [-0.39, 0.29) is 47.9 Å². The fourth-order valence-corrected chi connectivity index (χ4v) is 6.09. The Morgan fingerprint density at radius 3 is 2.19 bits per heavy atom. The number of ether oxygens (including phenoxy) is 1. The molecule has 0 aromatic heterocycles. The average molecular weight is 478 g/mol. The predicted octanol–water partition coefficient (Wildman–Crippen LogP) is 4.27. The van der Waals surface area contributed by atoms with Gasteiger partial charge in [0.25, 0.3) is 0 Å². The fourth-order valence-electron chi connectivity index (χ4n) is 5.82. The molecule has 5 nitrogen and oxygen atoms in total. The monoisotopic (exact) mass is 477 g/mol. The summed E-state index contributed by atoms with van der Waals surface area (Å²) in [5.74, 6) is 0.890. The van der Waals surface area contributed by atoms with Crippen molar-refractivity contribution in [2.75, 3.05) is 11.5 Å². The zero-order valence-corrected chi connectivity index (χ0v) is 18.2. The van der Waals surface area contributed by atoms with Crippen molar-refractivity contribution in [2.24, 2.45) is 35.5 Å². The molecule has 1 aliphatic heterocycles. The number of ketones is 1. The molecule has 0 unspecified atom stereocenters. The third-order valence-electron chi connectivity index (χ3n) is 7.29. The molecule has 4 aliphatic carbocycles. The molecule has 2 aromatic rings. The van der Waals surface area contributed by atoms with Gasteiger partial charge in [0.1, 0.15) is 5.75 Å². The van der Waals surface area contributed by atoms with Crippen molar-refractivity contribution in [3.8, 4) is 5.75 Å². The smallest absolute Gasteiger partial charge is 0.238 e. The van der Waals surface area contributed by atoms with Crippen molar-refractivity contribution >= 4 is 39.2 Å². The van der Waals surface area contributed by atoms with E-state index in [9.17, 15) is 14.4 Å². The molecule has 3 fully saturated rings. The van der Waals surface area contributed by atoms with Gasteiger partial charge in [-0.25, -0.2) is 4.90 Å².